The van der Waals surface area contributed by atoms with Crippen LogP contribution in [0.25, 0.3) is 5.57 Å². The first-order chi connectivity index (χ1) is 11.1. The Labute approximate surface area is 137 Å². The highest BCUT2D eigenvalue weighted by Crippen LogP contribution is 2.50. The zero-order valence-electron chi connectivity index (χ0n) is 14.1. The standard InChI is InChI=1S/C19H24O4/c1-4-10-19(11-12-19)18(21)23-13-14-8-6-7-9-16(14)15(5-2)17(20)22-3/h5-9H,4,10-13H2,1-3H3. The lowest BCUT2D eigenvalue weighted by Crippen LogP contribution is -2.19. The summed E-state index contributed by atoms with van der Waals surface area (Å²) < 4.78 is 10.4. The van der Waals surface area contributed by atoms with Crippen molar-refractivity contribution in [2.45, 2.75) is 46.1 Å². The third-order valence-corrected chi connectivity index (χ3v) is 4.38. The predicted molar refractivity (Wildman–Crippen MR) is 88.5 cm³/mol. The van der Waals surface area contributed by atoms with E-state index in [9.17, 15) is 9.59 Å². The van der Waals surface area contributed by atoms with Crippen LogP contribution in [-0.2, 0) is 25.7 Å². The van der Waals surface area contributed by atoms with E-state index in [2.05, 4.69) is 6.92 Å². The van der Waals surface area contributed by atoms with Gasteiger partial charge in [-0.25, -0.2) is 4.79 Å². The number of ether oxygens (including phenoxy) is 2. The summed E-state index contributed by atoms with van der Waals surface area (Å²) in [5.74, 6) is -0.509. The molecule has 0 amide bonds. The van der Waals surface area contributed by atoms with Gasteiger partial charge in [-0.2, -0.15) is 0 Å². The number of esters is 2. The molecule has 4 nitrogen and oxygen atoms in total. The third-order valence-electron chi connectivity index (χ3n) is 4.38. The molecule has 1 aliphatic rings. The lowest BCUT2D eigenvalue weighted by molar-refractivity contribution is -0.152. The van der Waals surface area contributed by atoms with Crippen LogP contribution in [0.2, 0.25) is 0 Å². The number of carbonyl (C=O) groups excluding carboxylic acids is 2. The van der Waals surface area contributed by atoms with E-state index in [1.807, 2.05) is 24.3 Å². The Bertz CT molecular complexity index is 612. The average molecular weight is 316 g/mol. The summed E-state index contributed by atoms with van der Waals surface area (Å²) in [6, 6.07) is 7.44. The zero-order valence-corrected chi connectivity index (χ0v) is 14.1. The molecule has 1 aliphatic carbocycles. The fourth-order valence-electron chi connectivity index (χ4n) is 2.88. The number of benzene rings is 1. The van der Waals surface area contributed by atoms with E-state index < -0.39 is 5.97 Å². The van der Waals surface area contributed by atoms with Crippen LogP contribution in [0, 0.1) is 5.41 Å². The molecule has 1 aromatic rings. The van der Waals surface area contributed by atoms with Gasteiger partial charge in [-0.15, -0.1) is 0 Å². The van der Waals surface area contributed by atoms with Crippen LogP contribution in [0.1, 0.15) is 50.7 Å². The molecule has 0 bridgehead atoms. The molecular formula is C19H24O4. The maximum atomic E-state index is 12.3. The molecule has 0 unspecified atom stereocenters. The van der Waals surface area contributed by atoms with E-state index in [0.29, 0.717) is 5.57 Å². The molecule has 1 aromatic carbocycles. The number of allylic oxidation sites excluding steroid dienone is 1. The van der Waals surface area contributed by atoms with Crippen molar-refractivity contribution in [3.05, 3.63) is 41.5 Å². The van der Waals surface area contributed by atoms with Gasteiger partial charge in [0.1, 0.15) is 6.61 Å². The number of hydrogen-bond acceptors (Lipinski definition) is 4. The van der Waals surface area contributed by atoms with Gasteiger partial charge in [0.15, 0.2) is 0 Å². The van der Waals surface area contributed by atoms with E-state index in [1.165, 1.54) is 7.11 Å². The van der Waals surface area contributed by atoms with Crippen molar-refractivity contribution in [2.24, 2.45) is 5.41 Å². The van der Waals surface area contributed by atoms with Crippen LogP contribution in [0.4, 0.5) is 0 Å². The Morgan fingerprint density at radius 2 is 1.96 bits per heavy atom. The van der Waals surface area contributed by atoms with Gasteiger partial charge >= 0.3 is 11.9 Å². The summed E-state index contributed by atoms with van der Waals surface area (Å²) in [4.78, 5) is 24.2. The first-order valence-electron chi connectivity index (χ1n) is 8.08. The van der Waals surface area contributed by atoms with E-state index in [1.54, 1.807) is 13.0 Å². The summed E-state index contributed by atoms with van der Waals surface area (Å²) in [5.41, 5.74) is 1.78. The molecule has 0 saturated heterocycles. The number of hydrogen-bond donors (Lipinski definition) is 0. The predicted octanol–water partition coefficient (Wildman–Crippen LogP) is 3.89. The third kappa shape index (κ3) is 3.81. The molecule has 0 N–H and O–H groups in total. The van der Waals surface area contributed by atoms with E-state index in [-0.39, 0.29) is 18.0 Å². The lowest BCUT2D eigenvalue weighted by atomic mass is 9.99. The minimum atomic E-state index is -0.393. The van der Waals surface area contributed by atoms with Gasteiger partial charge in [-0.05, 0) is 37.3 Å². The van der Waals surface area contributed by atoms with Gasteiger partial charge in [0.2, 0.25) is 0 Å². The monoisotopic (exact) mass is 316 g/mol. The van der Waals surface area contributed by atoms with Crippen molar-refractivity contribution >= 4 is 17.5 Å². The molecule has 1 fully saturated rings. The summed E-state index contributed by atoms with van der Waals surface area (Å²) in [6.45, 7) is 4.04. The maximum Gasteiger partial charge on any atom is 0.338 e. The van der Waals surface area contributed by atoms with Crippen molar-refractivity contribution in [1.82, 2.24) is 0 Å². The molecule has 124 valence electrons. The number of methoxy groups -OCH3 is 1. The van der Waals surface area contributed by atoms with Gasteiger partial charge in [-0.1, -0.05) is 43.7 Å². The quantitative estimate of drug-likeness (QED) is 0.566. The van der Waals surface area contributed by atoms with E-state index in [4.69, 9.17) is 9.47 Å². The highest BCUT2D eigenvalue weighted by atomic mass is 16.5. The van der Waals surface area contributed by atoms with Crippen LogP contribution in [0.5, 0.6) is 0 Å². The van der Waals surface area contributed by atoms with Crippen LogP contribution in [0.3, 0.4) is 0 Å². The molecule has 2 rings (SSSR count). The van der Waals surface area contributed by atoms with E-state index >= 15 is 0 Å². The van der Waals surface area contributed by atoms with Crippen molar-refractivity contribution in [3.63, 3.8) is 0 Å². The Balaban J connectivity index is 2.12. The summed E-state index contributed by atoms with van der Waals surface area (Å²) in [6.07, 6.45) is 5.42. The van der Waals surface area contributed by atoms with E-state index in [0.717, 1.165) is 36.8 Å². The van der Waals surface area contributed by atoms with Crippen molar-refractivity contribution in [3.8, 4) is 0 Å². The smallest absolute Gasteiger partial charge is 0.338 e. The maximum absolute atomic E-state index is 12.3. The van der Waals surface area contributed by atoms with Gasteiger partial charge in [0.25, 0.3) is 0 Å². The first kappa shape index (κ1) is 17.3. The average Bonchev–Trinajstić information content (AvgIpc) is 3.35. The molecule has 23 heavy (non-hydrogen) atoms. The molecule has 0 aliphatic heterocycles. The highest BCUT2D eigenvalue weighted by molar-refractivity contribution is 6.16. The molecule has 0 radical (unpaired) electrons. The largest absolute Gasteiger partial charge is 0.465 e. The molecule has 0 aromatic heterocycles. The van der Waals surface area contributed by atoms with Gasteiger partial charge < -0.3 is 9.47 Å². The fraction of sp³-hybridized carbons (Fsp3) is 0.474. The molecule has 0 spiro atoms. The molecule has 0 atom stereocenters. The normalized spacial score (nSPS) is 15.9. The first-order valence-corrected chi connectivity index (χ1v) is 8.08. The van der Waals surface area contributed by atoms with Crippen LogP contribution < -0.4 is 0 Å². The number of rotatable bonds is 7. The number of carbonyl (C=O) groups is 2. The Kier molecular flexibility index (Phi) is 5.59. The SMILES string of the molecule is CC=C(C(=O)OC)c1ccccc1COC(=O)C1(CCC)CC1. The van der Waals surface area contributed by atoms with Gasteiger partial charge in [0.05, 0.1) is 18.1 Å². The second kappa shape index (κ2) is 7.44. The Morgan fingerprint density at radius 1 is 1.26 bits per heavy atom. The minimum Gasteiger partial charge on any atom is -0.465 e. The highest BCUT2D eigenvalue weighted by Gasteiger charge is 2.50. The fourth-order valence-corrected chi connectivity index (χ4v) is 2.88. The molecule has 4 heteroatoms. The molecular weight excluding hydrogens is 292 g/mol. The van der Waals surface area contributed by atoms with Crippen molar-refractivity contribution in [1.29, 1.82) is 0 Å². The lowest BCUT2D eigenvalue weighted by Gasteiger charge is -2.15. The van der Waals surface area contributed by atoms with Crippen LogP contribution in [0.15, 0.2) is 30.3 Å². The second-order valence-corrected chi connectivity index (χ2v) is 5.96. The zero-order chi connectivity index (χ0) is 16.9. The Hall–Kier alpha value is -2.10. The van der Waals surface area contributed by atoms with Gasteiger partial charge in [-0.3, -0.25) is 4.79 Å². The van der Waals surface area contributed by atoms with Crippen LogP contribution >= 0.6 is 0 Å². The summed E-state index contributed by atoms with van der Waals surface area (Å²) in [7, 11) is 1.36. The molecule has 0 heterocycles. The van der Waals surface area contributed by atoms with Gasteiger partial charge in [0, 0.05) is 0 Å². The summed E-state index contributed by atoms with van der Waals surface area (Å²) >= 11 is 0. The second-order valence-electron chi connectivity index (χ2n) is 5.96. The molecule has 1 saturated carbocycles. The minimum absolute atomic E-state index is 0.116. The Morgan fingerprint density at radius 3 is 2.52 bits per heavy atom. The van der Waals surface area contributed by atoms with Crippen molar-refractivity contribution < 1.29 is 19.1 Å². The van der Waals surface area contributed by atoms with Crippen LogP contribution in [-0.4, -0.2) is 19.0 Å². The topological polar surface area (TPSA) is 52.6 Å². The van der Waals surface area contributed by atoms with Crippen molar-refractivity contribution in [2.75, 3.05) is 7.11 Å². The summed E-state index contributed by atoms with van der Waals surface area (Å²) in [5, 5.41) is 0.